The summed E-state index contributed by atoms with van der Waals surface area (Å²) in [4.78, 5) is 18.4. The number of fused-ring (bicyclic) bond motifs is 1. The maximum Gasteiger partial charge on any atom is 0.231 e. The lowest BCUT2D eigenvalue weighted by atomic mass is 9.81. The van der Waals surface area contributed by atoms with Gasteiger partial charge in [-0.3, -0.25) is 4.79 Å². The second-order valence-corrected chi connectivity index (χ2v) is 11.1. The molecule has 2 fully saturated rings. The summed E-state index contributed by atoms with van der Waals surface area (Å²) in [6.07, 6.45) is 7.82. The Bertz CT molecular complexity index is 844. The molecule has 5 nitrogen and oxygen atoms in total. The van der Waals surface area contributed by atoms with Gasteiger partial charge in [0.2, 0.25) is 5.91 Å². The van der Waals surface area contributed by atoms with Gasteiger partial charge >= 0.3 is 0 Å². The highest BCUT2D eigenvalue weighted by atomic mass is 16.2. The van der Waals surface area contributed by atoms with Crippen molar-refractivity contribution in [3.8, 4) is 0 Å². The van der Waals surface area contributed by atoms with Crippen LogP contribution in [0.15, 0.2) is 30.5 Å². The van der Waals surface area contributed by atoms with Gasteiger partial charge in [0.25, 0.3) is 0 Å². The lowest BCUT2D eigenvalue weighted by molar-refractivity contribution is -0.123. The molecule has 1 saturated heterocycles. The van der Waals surface area contributed by atoms with Crippen LogP contribution in [0.4, 0.5) is 11.4 Å². The molecule has 1 aromatic rings. The number of carbonyl (C=O) groups is 1. The highest BCUT2D eigenvalue weighted by Gasteiger charge is 2.39. The number of hydrogen-bond donors (Lipinski definition) is 2. The second-order valence-electron chi connectivity index (χ2n) is 11.1. The van der Waals surface area contributed by atoms with E-state index >= 15 is 0 Å². The zero-order valence-corrected chi connectivity index (χ0v) is 20.3. The molecule has 32 heavy (non-hydrogen) atoms. The monoisotopic (exact) mass is 438 g/mol. The van der Waals surface area contributed by atoms with E-state index in [1.165, 1.54) is 30.5 Å². The fourth-order valence-corrected chi connectivity index (χ4v) is 5.53. The molecular weight excluding hydrogens is 396 g/mol. The molecule has 0 bridgehead atoms. The van der Waals surface area contributed by atoms with Gasteiger partial charge in [0.15, 0.2) is 0 Å². The van der Waals surface area contributed by atoms with Gasteiger partial charge in [-0.15, -0.1) is 0 Å². The van der Waals surface area contributed by atoms with Gasteiger partial charge < -0.3 is 20.9 Å². The Morgan fingerprint density at radius 2 is 2.00 bits per heavy atom. The predicted octanol–water partition coefficient (Wildman–Crippen LogP) is 4.46. The van der Waals surface area contributed by atoms with Crippen LogP contribution in [-0.2, 0) is 11.2 Å². The fourth-order valence-electron chi connectivity index (χ4n) is 5.53. The molecule has 0 radical (unpaired) electrons. The van der Waals surface area contributed by atoms with Crippen LogP contribution in [0.1, 0.15) is 64.9 Å². The zero-order valence-electron chi connectivity index (χ0n) is 20.3. The van der Waals surface area contributed by atoms with Crippen LogP contribution in [0.2, 0.25) is 0 Å². The topological polar surface area (TPSA) is 61.6 Å². The van der Waals surface area contributed by atoms with E-state index in [-0.39, 0.29) is 23.2 Å². The van der Waals surface area contributed by atoms with Crippen LogP contribution in [0.25, 0.3) is 0 Å². The first-order chi connectivity index (χ1) is 15.3. The summed E-state index contributed by atoms with van der Waals surface area (Å²) in [5, 5.41) is 3.41. The number of unbranched alkanes of at least 4 members (excludes halogenated alkanes) is 2. The summed E-state index contributed by atoms with van der Waals surface area (Å²) in [6, 6.07) is 7.12. The maximum atomic E-state index is 13.7. The van der Waals surface area contributed by atoms with Crippen LogP contribution in [-0.4, -0.2) is 38.1 Å². The number of anilines is 2. The van der Waals surface area contributed by atoms with Crippen molar-refractivity contribution in [3.63, 3.8) is 0 Å². The third kappa shape index (κ3) is 5.14. The third-order valence-corrected chi connectivity index (χ3v) is 7.38. The first kappa shape index (κ1) is 23.2. The van der Waals surface area contributed by atoms with Crippen molar-refractivity contribution in [1.29, 1.82) is 0 Å². The van der Waals surface area contributed by atoms with Gasteiger partial charge in [0.05, 0.1) is 5.92 Å². The Hall–Kier alpha value is -2.01. The van der Waals surface area contributed by atoms with Crippen molar-refractivity contribution in [2.45, 2.75) is 71.8 Å². The molecule has 2 heterocycles. The van der Waals surface area contributed by atoms with Crippen molar-refractivity contribution >= 4 is 17.3 Å². The molecule has 5 heteroatoms. The molecule has 0 aromatic heterocycles. The Morgan fingerprint density at radius 3 is 2.69 bits per heavy atom. The van der Waals surface area contributed by atoms with Crippen LogP contribution in [0.5, 0.6) is 0 Å². The molecule has 1 saturated carbocycles. The smallest absolute Gasteiger partial charge is 0.231 e. The molecule has 1 aliphatic carbocycles. The van der Waals surface area contributed by atoms with E-state index in [1.807, 2.05) is 0 Å². The molecule has 0 spiro atoms. The van der Waals surface area contributed by atoms with E-state index in [9.17, 15) is 4.79 Å². The van der Waals surface area contributed by atoms with E-state index in [2.05, 4.69) is 60.7 Å². The molecule has 0 unspecified atom stereocenters. The molecule has 3 aliphatic rings. The molecule has 2 aliphatic heterocycles. The van der Waals surface area contributed by atoms with Gasteiger partial charge in [0, 0.05) is 55.2 Å². The minimum Gasteiger partial charge on any atom is -0.402 e. The average Bonchev–Trinajstić information content (AvgIpc) is 3.59. The van der Waals surface area contributed by atoms with Crippen LogP contribution >= 0.6 is 0 Å². The number of nitrogens with one attached hydrogen (secondary N) is 1. The fraction of sp³-hybridized carbons (Fsp3) is 0.667. The molecule has 176 valence electrons. The summed E-state index contributed by atoms with van der Waals surface area (Å²) in [5.41, 5.74) is 10.8. The van der Waals surface area contributed by atoms with E-state index in [4.69, 9.17) is 5.73 Å². The number of rotatable bonds is 8. The molecule has 1 aromatic carbocycles. The van der Waals surface area contributed by atoms with E-state index in [0.717, 1.165) is 57.5 Å². The minimum atomic E-state index is -0.0368. The molecule has 3 N–H and O–H groups in total. The Morgan fingerprint density at radius 1 is 1.25 bits per heavy atom. The number of carbonyl (C=O) groups excluding carboxylic acids is 1. The van der Waals surface area contributed by atoms with E-state index in [0.29, 0.717) is 11.7 Å². The summed E-state index contributed by atoms with van der Waals surface area (Å²) in [6.45, 7) is 14.7. The van der Waals surface area contributed by atoms with Crippen molar-refractivity contribution < 1.29 is 4.79 Å². The molecular formula is C27H42N4O. The Kier molecular flexibility index (Phi) is 6.85. The van der Waals surface area contributed by atoms with E-state index < -0.39 is 0 Å². The number of nitrogens with two attached hydrogens (primary N) is 1. The van der Waals surface area contributed by atoms with Crippen LogP contribution < -0.4 is 20.9 Å². The summed E-state index contributed by atoms with van der Waals surface area (Å²) >= 11 is 0. The number of piperidine rings is 1. The Labute approximate surface area is 194 Å². The summed E-state index contributed by atoms with van der Waals surface area (Å²) in [7, 11) is 0. The normalized spacial score (nSPS) is 24.7. The second kappa shape index (κ2) is 9.46. The van der Waals surface area contributed by atoms with Crippen molar-refractivity contribution in [2.75, 3.05) is 36.0 Å². The minimum absolute atomic E-state index is 0.0368. The van der Waals surface area contributed by atoms with Gasteiger partial charge in [-0.1, -0.05) is 46.3 Å². The van der Waals surface area contributed by atoms with Crippen molar-refractivity contribution in [3.05, 3.63) is 36.0 Å². The molecule has 2 atom stereocenters. The lowest BCUT2D eigenvalue weighted by Gasteiger charge is -2.42. The highest BCUT2D eigenvalue weighted by Crippen LogP contribution is 2.41. The van der Waals surface area contributed by atoms with E-state index in [1.54, 1.807) is 0 Å². The van der Waals surface area contributed by atoms with Gasteiger partial charge in [0.1, 0.15) is 0 Å². The average molecular weight is 439 g/mol. The number of amides is 1. The van der Waals surface area contributed by atoms with Crippen molar-refractivity contribution in [2.24, 2.45) is 23.0 Å². The van der Waals surface area contributed by atoms with Crippen LogP contribution in [0, 0.1) is 17.3 Å². The number of benzene rings is 1. The van der Waals surface area contributed by atoms with Crippen molar-refractivity contribution in [1.82, 2.24) is 5.32 Å². The lowest BCUT2D eigenvalue weighted by Crippen LogP contribution is -2.47. The predicted molar refractivity (Wildman–Crippen MR) is 134 cm³/mol. The first-order valence-electron chi connectivity index (χ1n) is 12.6. The summed E-state index contributed by atoms with van der Waals surface area (Å²) in [5.74, 6) is 0.392. The van der Waals surface area contributed by atoms with Gasteiger partial charge in [-0.05, 0) is 55.2 Å². The Balaban J connectivity index is 1.59. The standard InChI is InChI=1S/C27H42N4O/c1-5-6-7-12-30-18-27(3,4)15-20-8-9-24(14-25(20)30)31(23-10-11-23)26(32)22-13-21(19(2)28)16-29-17-22/h8-9,14,21-23,29H,2,5-7,10-13,15-18,28H2,1,3-4H3/t21-,22+/m0/s1. The van der Waals surface area contributed by atoms with Gasteiger partial charge in [-0.2, -0.15) is 0 Å². The van der Waals surface area contributed by atoms with Crippen LogP contribution in [0.3, 0.4) is 0 Å². The molecule has 4 rings (SSSR count). The summed E-state index contributed by atoms with van der Waals surface area (Å²) < 4.78 is 0. The maximum absolute atomic E-state index is 13.7. The number of nitrogens with zero attached hydrogens (tertiary/aromatic N) is 2. The zero-order chi connectivity index (χ0) is 22.9. The first-order valence-corrected chi connectivity index (χ1v) is 12.6. The highest BCUT2D eigenvalue weighted by molar-refractivity contribution is 5.97. The molecule has 1 amide bonds. The third-order valence-electron chi connectivity index (χ3n) is 7.38. The quantitative estimate of drug-likeness (QED) is 0.588. The number of hydrogen-bond acceptors (Lipinski definition) is 4. The SMILES string of the molecule is C=C(N)[C@@H]1CNC[C@H](C(=O)N(c2ccc3c(c2)N(CCCCC)CC(C)(C)C3)C2CC2)C1. The van der Waals surface area contributed by atoms with Gasteiger partial charge in [-0.25, -0.2) is 0 Å². The largest absolute Gasteiger partial charge is 0.402 e.